The van der Waals surface area contributed by atoms with Crippen LogP contribution in [-0.4, -0.2) is 44.8 Å². The molecule has 0 radical (unpaired) electrons. The van der Waals surface area contributed by atoms with E-state index in [4.69, 9.17) is 5.10 Å². The molecule has 0 N–H and O–H groups in total. The van der Waals surface area contributed by atoms with Gasteiger partial charge in [0, 0.05) is 50.5 Å². The van der Waals surface area contributed by atoms with Crippen LogP contribution in [0.4, 0.5) is 0 Å². The fourth-order valence-electron chi connectivity index (χ4n) is 4.64. The van der Waals surface area contributed by atoms with Crippen LogP contribution in [-0.2, 0) is 26.1 Å². The Morgan fingerprint density at radius 2 is 1.78 bits per heavy atom. The molecule has 3 aliphatic rings. The zero-order valence-electron chi connectivity index (χ0n) is 13.6. The maximum Gasteiger partial charge on any atom is 0.0767 e. The highest BCUT2D eigenvalue weighted by Crippen LogP contribution is 2.33. The first kappa shape index (κ1) is 13.8. The van der Waals surface area contributed by atoms with Crippen molar-refractivity contribution in [1.29, 1.82) is 0 Å². The van der Waals surface area contributed by atoms with E-state index >= 15 is 0 Å². The van der Waals surface area contributed by atoms with Gasteiger partial charge in [-0.1, -0.05) is 30.3 Å². The summed E-state index contributed by atoms with van der Waals surface area (Å²) in [6.07, 6.45) is 3.82. The highest BCUT2D eigenvalue weighted by molar-refractivity contribution is 5.17. The van der Waals surface area contributed by atoms with E-state index in [2.05, 4.69) is 50.9 Å². The van der Waals surface area contributed by atoms with E-state index in [1.807, 2.05) is 0 Å². The number of hydrogen-bond acceptors (Lipinski definition) is 3. The summed E-state index contributed by atoms with van der Waals surface area (Å²) < 4.78 is 2.21. The molecule has 2 atom stereocenters. The molecule has 1 aromatic carbocycles. The van der Waals surface area contributed by atoms with Crippen molar-refractivity contribution >= 4 is 0 Å². The molecule has 23 heavy (non-hydrogen) atoms. The van der Waals surface area contributed by atoms with Gasteiger partial charge in [0.2, 0.25) is 0 Å². The quantitative estimate of drug-likeness (QED) is 0.866. The monoisotopic (exact) mass is 308 g/mol. The summed E-state index contributed by atoms with van der Waals surface area (Å²) in [6, 6.07) is 14.7. The van der Waals surface area contributed by atoms with Crippen LogP contribution in [0.25, 0.3) is 0 Å². The number of aryl methyl sites for hydroxylation is 2. The van der Waals surface area contributed by atoms with Crippen molar-refractivity contribution in [3.05, 3.63) is 53.3 Å². The van der Waals surface area contributed by atoms with Crippen molar-refractivity contribution in [1.82, 2.24) is 19.6 Å². The van der Waals surface area contributed by atoms with Crippen molar-refractivity contribution in [2.75, 3.05) is 13.1 Å². The second kappa shape index (κ2) is 5.46. The molecule has 0 saturated carbocycles. The molecule has 4 nitrogen and oxygen atoms in total. The first-order valence-electron chi connectivity index (χ1n) is 8.93. The molecule has 5 rings (SSSR count). The molecule has 2 bridgehead atoms. The topological polar surface area (TPSA) is 24.3 Å². The van der Waals surface area contributed by atoms with Gasteiger partial charge >= 0.3 is 0 Å². The Balaban J connectivity index is 1.22. The Morgan fingerprint density at radius 1 is 1.00 bits per heavy atom. The lowest BCUT2D eigenvalue weighted by Crippen LogP contribution is -2.45. The lowest BCUT2D eigenvalue weighted by Gasteiger charge is -2.33. The number of piperazine rings is 1. The average molecular weight is 308 g/mol. The minimum Gasteiger partial charge on any atom is -0.293 e. The van der Waals surface area contributed by atoms with Crippen LogP contribution in [0.3, 0.4) is 0 Å². The molecular formula is C19H24N4. The summed E-state index contributed by atoms with van der Waals surface area (Å²) in [7, 11) is 0. The first-order chi connectivity index (χ1) is 11.3. The van der Waals surface area contributed by atoms with E-state index in [0.717, 1.165) is 31.7 Å². The molecule has 1 aromatic heterocycles. The number of hydrogen-bond donors (Lipinski definition) is 0. The van der Waals surface area contributed by atoms with Crippen LogP contribution >= 0.6 is 0 Å². The Labute approximate surface area is 137 Å². The predicted molar refractivity (Wildman–Crippen MR) is 90.0 cm³/mol. The molecule has 4 heteroatoms. The fraction of sp³-hybridized carbons (Fsp3) is 0.526. The predicted octanol–water partition coefficient (Wildman–Crippen LogP) is 2.29. The van der Waals surface area contributed by atoms with E-state index in [0.29, 0.717) is 0 Å². The summed E-state index contributed by atoms with van der Waals surface area (Å²) in [5.41, 5.74) is 4.16. The van der Waals surface area contributed by atoms with Gasteiger partial charge in [0.15, 0.2) is 0 Å². The van der Waals surface area contributed by atoms with Crippen molar-refractivity contribution in [3.8, 4) is 0 Å². The van der Waals surface area contributed by atoms with Gasteiger partial charge in [-0.3, -0.25) is 14.5 Å². The number of nitrogens with zero attached hydrogens (tertiary/aromatic N) is 4. The summed E-state index contributed by atoms with van der Waals surface area (Å²) in [5.74, 6) is 0. The molecule has 0 unspecified atom stereocenters. The van der Waals surface area contributed by atoms with Crippen molar-refractivity contribution in [2.45, 2.75) is 51.0 Å². The smallest absolute Gasteiger partial charge is 0.0767 e. The summed E-state index contributed by atoms with van der Waals surface area (Å²) in [4.78, 5) is 5.33. The zero-order valence-corrected chi connectivity index (χ0v) is 13.6. The van der Waals surface area contributed by atoms with E-state index in [1.165, 1.54) is 49.3 Å². The number of aromatic nitrogens is 2. The van der Waals surface area contributed by atoms with Gasteiger partial charge in [0.1, 0.15) is 0 Å². The second-order valence-electron chi connectivity index (χ2n) is 7.34. The largest absolute Gasteiger partial charge is 0.293 e. The Bertz CT molecular complexity index is 671. The normalized spacial score (nSPS) is 27.0. The van der Waals surface area contributed by atoms with Gasteiger partial charge in [-0.15, -0.1) is 0 Å². The van der Waals surface area contributed by atoms with Gasteiger partial charge < -0.3 is 0 Å². The van der Waals surface area contributed by atoms with Crippen molar-refractivity contribution in [3.63, 3.8) is 0 Å². The summed E-state index contributed by atoms with van der Waals surface area (Å²) in [6.45, 7) is 5.69. The van der Waals surface area contributed by atoms with E-state index in [-0.39, 0.29) is 0 Å². The minimum absolute atomic E-state index is 0.722. The highest BCUT2D eigenvalue weighted by Gasteiger charge is 2.43. The lowest BCUT2D eigenvalue weighted by molar-refractivity contribution is 0.116. The fourth-order valence-corrected chi connectivity index (χ4v) is 4.64. The third kappa shape index (κ3) is 2.50. The van der Waals surface area contributed by atoms with E-state index < -0.39 is 0 Å². The van der Waals surface area contributed by atoms with E-state index in [9.17, 15) is 0 Å². The molecule has 4 heterocycles. The van der Waals surface area contributed by atoms with Gasteiger partial charge in [-0.25, -0.2) is 0 Å². The molecular weight excluding hydrogens is 284 g/mol. The third-order valence-corrected chi connectivity index (χ3v) is 5.78. The summed E-state index contributed by atoms with van der Waals surface area (Å²) >= 11 is 0. The van der Waals surface area contributed by atoms with Crippen molar-refractivity contribution < 1.29 is 0 Å². The molecule has 2 aromatic rings. The zero-order chi connectivity index (χ0) is 15.2. The Kier molecular flexibility index (Phi) is 3.27. The van der Waals surface area contributed by atoms with Gasteiger partial charge in [0.25, 0.3) is 0 Å². The minimum atomic E-state index is 0.722. The molecule has 0 amide bonds. The number of rotatable bonds is 4. The molecule has 0 aliphatic carbocycles. The molecule has 2 saturated heterocycles. The van der Waals surface area contributed by atoms with Crippen LogP contribution in [0.5, 0.6) is 0 Å². The van der Waals surface area contributed by atoms with Crippen LogP contribution in [0.2, 0.25) is 0 Å². The summed E-state index contributed by atoms with van der Waals surface area (Å²) in [5, 5.41) is 4.79. The third-order valence-electron chi connectivity index (χ3n) is 5.78. The van der Waals surface area contributed by atoms with E-state index in [1.54, 1.807) is 0 Å². The Morgan fingerprint density at radius 3 is 2.52 bits per heavy atom. The van der Waals surface area contributed by atoms with Gasteiger partial charge in [0.05, 0.1) is 5.69 Å². The lowest BCUT2D eigenvalue weighted by atomic mass is 10.2. The number of likely N-dealkylation sites (tertiary alicyclic amines) is 2. The van der Waals surface area contributed by atoms with Crippen molar-refractivity contribution in [2.24, 2.45) is 0 Å². The molecule has 120 valence electrons. The first-order valence-corrected chi connectivity index (χ1v) is 8.93. The van der Waals surface area contributed by atoms with Crippen LogP contribution in [0.1, 0.15) is 29.8 Å². The second-order valence-corrected chi connectivity index (χ2v) is 7.34. The Hall–Kier alpha value is -1.65. The maximum absolute atomic E-state index is 4.79. The van der Waals surface area contributed by atoms with Crippen LogP contribution < -0.4 is 0 Å². The van der Waals surface area contributed by atoms with Gasteiger partial charge in [-0.05, 0) is 30.9 Å². The van der Waals surface area contributed by atoms with Gasteiger partial charge in [-0.2, -0.15) is 5.10 Å². The maximum atomic E-state index is 4.79. The van der Waals surface area contributed by atoms with Crippen LogP contribution in [0, 0.1) is 0 Å². The molecule has 2 fully saturated rings. The average Bonchev–Trinajstić information content (AvgIpc) is 3.29. The number of fused-ring (bicyclic) bond motifs is 3. The molecule has 0 spiro atoms. The molecule has 3 aliphatic heterocycles. The number of benzene rings is 1. The standard InChI is InChI=1S/C19H24N4/c1-2-5-15(6-3-1)11-21-13-19-10-18(21)14-22(19)12-16-9-17-7-4-8-23(17)20-16/h1-3,5-6,9,18-19H,4,7-8,10-14H2/t18-,19-/m0/s1. The highest BCUT2D eigenvalue weighted by atomic mass is 15.4. The van der Waals surface area contributed by atoms with Crippen LogP contribution in [0.15, 0.2) is 36.4 Å². The SMILES string of the molecule is c1ccc(CN2C[C@@H]3C[C@H]2CN3Cc2cc3n(n2)CCC3)cc1.